The van der Waals surface area contributed by atoms with E-state index in [-0.39, 0.29) is 0 Å². The molecule has 1 aromatic rings. The number of hydrogen-bond donors (Lipinski definition) is 1. The Morgan fingerprint density at radius 1 is 1.57 bits per heavy atom. The number of nitrogens with one attached hydrogen (secondary N) is 1. The van der Waals surface area contributed by atoms with E-state index in [4.69, 9.17) is 0 Å². The number of nitrogens with zero attached hydrogens (tertiary/aromatic N) is 1. The summed E-state index contributed by atoms with van der Waals surface area (Å²) in [5, 5.41) is 3.47. The van der Waals surface area contributed by atoms with E-state index in [1.165, 1.54) is 16.3 Å². The Balaban J connectivity index is 2.14. The van der Waals surface area contributed by atoms with Crippen LogP contribution in [0.2, 0.25) is 0 Å². The lowest BCUT2D eigenvalue weighted by molar-refractivity contribution is 0.173. The van der Waals surface area contributed by atoms with Gasteiger partial charge in [-0.25, -0.2) is 0 Å². The zero-order valence-corrected chi connectivity index (χ0v) is 9.73. The average molecular weight is 210 g/mol. The van der Waals surface area contributed by atoms with E-state index in [0.717, 1.165) is 19.6 Å². The van der Waals surface area contributed by atoms with Gasteiger partial charge in [-0.3, -0.25) is 4.90 Å². The quantitative estimate of drug-likeness (QED) is 0.803. The summed E-state index contributed by atoms with van der Waals surface area (Å²) in [7, 11) is 0. The summed E-state index contributed by atoms with van der Waals surface area (Å²) in [6.45, 7) is 9.00. The summed E-state index contributed by atoms with van der Waals surface area (Å²) in [5.74, 6) is 0. The average Bonchev–Trinajstić information content (AvgIpc) is 2.65. The summed E-state index contributed by atoms with van der Waals surface area (Å²) in [5.41, 5.74) is 0. The van der Waals surface area contributed by atoms with Crippen LogP contribution in [-0.4, -0.2) is 31.1 Å². The van der Waals surface area contributed by atoms with Crippen LogP contribution in [0, 0.1) is 6.92 Å². The fourth-order valence-corrected chi connectivity index (χ4v) is 3.05. The molecule has 0 radical (unpaired) electrons. The van der Waals surface area contributed by atoms with E-state index in [9.17, 15) is 0 Å². The first-order chi connectivity index (χ1) is 6.81. The van der Waals surface area contributed by atoms with Crippen molar-refractivity contribution in [2.75, 3.05) is 26.2 Å². The predicted molar refractivity (Wildman–Crippen MR) is 61.9 cm³/mol. The van der Waals surface area contributed by atoms with Gasteiger partial charge in [-0.15, -0.1) is 11.3 Å². The van der Waals surface area contributed by atoms with Gasteiger partial charge in [-0.2, -0.15) is 0 Å². The van der Waals surface area contributed by atoms with Crippen LogP contribution in [0.15, 0.2) is 12.1 Å². The van der Waals surface area contributed by atoms with Crippen LogP contribution in [0.4, 0.5) is 0 Å². The highest BCUT2D eigenvalue weighted by Crippen LogP contribution is 2.27. The fourth-order valence-electron chi connectivity index (χ4n) is 2.04. The second kappa shape index (κ2) is 4.43. The molecule has 14 heavy (non-hydrogen) atoms. The monoisotopic (exact) mass is 210 g/mol. The van der Waals surface area contributed by atoms with E-state index >= 15 is 0 Å². The maximum atomic E-state index is 3.47. The summed E-state index contributed by atoms with van der Waals surface area (Å²) >= 11 is 1.93. The SMILES string of the molecule is CCN1CCNCC1c1ccc(C)s1. The summed E-state index contributed by atoms with van der Waals surface area (Å²) in [4.78, 5) is 5.49. The van der Waals surface area contributed by atoms with Crippen LogP contribution < -0.4 is 5.32 Å². The zero-order chi connectivity index (χ0) is 9.97. The Kier molecular flexibility index (Phi) is 3.21. The van der Waals surface area contributed by atoms with Crippen LogP contribution in [0.3, 0.4) is 0 Å². The third-order valence-electron chi connectivity index (χ3n) is 2.85. The maximum Gasteiger partial charge on any atom is 0.0566 e. The van der Waals surface area contributed by atoms with Gasteiger partial charge in [-0.05, 0) is 25.6 Å². The van der Waals surface area contributed by atoms with Crippen LogP contribution >= 0.6 is 11.3 Å². The Morgan fingerprint density at radius 2 is 2.43 bits per heavy atom. The lowest BCUT2D eigenvalue weighted by atomic mass is 10.1. The summed E-state index contributed by atoms with van der Waals surface area (Å²) < 4.78 is 0. The molecule has 1 atom stereocenters. The molecule has 78 valence electrons. The van der Waals surface area contributed by atoms with Crippen LogP contribution in [0.1, 0.15) is 22.7 Å². The largest absolute Gasteiger partial charge is 0.314 e. The van der Waals surface area contributed by atoms with Crippen molar-refractivity contribution < 1.29 is 0 Å². The van der Waals surface area contributed by atoms with Crippen LogP contribution in [0.5, 0.6) is 0 Å². The molecular formula is C11H18N2S. The first kappa shape index (κ1) is 10.1. The minimum Gasteiger partial charge on any atom is -0.314 e. The molecule has 2 rings (SSSR count). The smallest absolute Gasteiger partial charge is 0.0566 e. The molecule has 1 aliphatic heterocycles. The number of aryl methyl sites for hydroxylation is 1. The normalized spacial score (nSPS) is 24.0. The lowest BCUT2D eigenvalue weighted by Gasteiger charge is -2.34. The van der Waals surface area contributed by atoms with Crippen molar-refractivity contribution in [1.29, 1.82) is 0 Å². The van der Waals surface area contributed by atoms with Gasteiger partial charge in [0.05, 0.1) is 6.04 Å². The second-order valence-electron chi connectivity index (χ2n) is 3.80. The van der Waals surface area contributed by atoms with Crippen LogP contribution in [0.25, 0.3) is 0 Å². The number of rotatable bonds is 2. The highest BCUT2D eigenvalue weighted by Gasteiger charge is 2.22. The molecule has 2 heterocycles. The van der Waals surface area contributed by atoms with Gasteiger partial charge in [0.1, 0.15) is 0 Å². The van der Waals surface area contributed by atoms with Crippen molar-refractivity contribution in [3.8, 4) is 0 Å². The molecule has 2 nitrogen and oxygen atoms in total. The molecule has 3 heteroatoms. The fraction of sp³-hybridized carbons (Fsp3) is 0.636. The molecule has 1 aromatic heterocycles. The molecule has 1 aliphatic rings. The molecule has 0 aromatic carbocycles. The van der Waals surface area contributed by atoms with Crippen molar-refractivity contribution in [2.45, 2.75) is 19.9 Å². The van der Waals surface area contributed by atoms with Crippen molar-refractivity contribution in [2.24, 2.45) is 0 Å². The van der Waals surface area contributed by atoms with Gasteiger partial charge in [0.2, 0.25) is 0 Å². The Hall–Kier alpha value is -0.380. The minimum absolute atomic E-state index is 0.604. The maximum absolute atomic E-state index is 3.47. The number of likely N-dealkylation sites (N-methyl/N-ethyl adjacent to an activating group) is 1. The molecule has 0 spiro atoms. The molecule has 0 aliphatic carbocycles. The minimum atomic E-state index is 0.604. The molecule has 0 bridgehead atoms. The van der Waals surface area contributed by atoms with Gasteiger partial charge >= 0.3 is 0 Å². The third-order valence-corrected chi connectivity index (χ3v) is 3.95. The third kappa shape index (κ3) is 2.00. The Labute approximate surface area is 89.9 Å². The molecule has 1 N–H and O–H groups in total. The highest BCUT2D eigenvalue weighted by atomic mass is 32.1. The predicted octanol–water partition coefficient (Wildman–Crippen LogP) is 2.02. The summed E-state index contributed by atoms with van der Waals surface area (Å²) in [6, 6.07) is 5.11. The molecule has 1 unspecified atom stereocenters. The Morgan fingerprint density at radius 3 is 3.07 bits per heavy atom. The van der Waals surface area contributed by atoms with E-state index in [1.807, 2.05) is 11.3 Å². The van der Waals surface area contributed by atoms with E-state index in [1.54, 1.807) is 0 Å². The van der Waals surface area contributed by atoms with Crippen molar-refractivity contribution in [1.82, 2.24) is 10.2 Å². The van der Waals surface area contributed by atoms with Crippen molar-refractivity contribution in [3.63, 3.8) is 0 Å². The van der Waals surface area contributed by atoms with E-state index in [0.29, 0.717) is 6.04 Å². The highest BCUT2D eigenvalue weighted by molar-refractivity contribution is 7.12. The van der Waals surface area contributed by atoms with Gasteiger partial charge in [-0.1, -0.05) is 6.92 Å². The molecule has 1 saturated heterocycles. The molecular weight excluding hydrogens is 192 g/mol. The van der Waals surface area contributed by atoms with Crippen molar-refractivity contribution in [3.05, 3.63) is 21.9 Å². The lowest BCUT2D eigenvalue weighted by Crippen LogP contribution is -2.45. The first-order valence-electron chi connectivity index (χ1n) is 5.32. The standard InChI is InChI=1S/C11H18N2S/c1-3-13-7-6-12-8-10(13)11-5-4-9(2)14-11/h4-5,10,12H,3,6-8H2,1-2H3. The Bertz CT molecular complexity index is 295. The zero-order valence-electron chi connectivity index (χ0n) is 8.92. The molecule has 1 fully saturated rings. The van der Waals surface area contributed by atoms with Crippen molar-refractivity contribution >= 4 is 11.3 Å². The topological polar surface area (TPSA) is 15.3 Å². The first-order valence-corrected chi connectivity index (χ1v) is 6.14. The molecule has 0 amide bonds. The number of piperazine rings is 1. The van der Waals surface area contributed by atoms with Gasteiger partial charge in [0.25, 0.3) is 0 Å². The van der Waals surface area contributed by atoms with Gasteiger partial charge in [0, 0.05) is 29.4 Å². The van der Waals surface area contributed by atoms with Gasteiger partial charge in [0.15, 0.2) is 0 Å². The number of thiophene rings is 1. The number of hydrogen-bond acceptors (Lipinski definition) is 3. The van der Waals surface area contributed by atoms with E-state index < -0.39 is 0 Å². The molecule has 0 saturated carbocycles. The summed E-state index contributed by atoms with van der Waals surface area (Å²) in [6.07, 6.45) is 0. The second-order valence-corrected chi connectivity index (χ2v) is 5.12. The van der Waals surface area contributed by atoms with Crippen LogP contribution in [-0.2, 0) is 0 Å². The van der Waals surface area contributed by atoms with E-state index in [2.05, 4.69) is 36.2 Å². The van der Waals surface area contributed by atoms with Gasteiger partial charge < -0.3 is 5.32 Å².